The van der Waals surface area contributed by atoms with E-state index >= 15 is 0 Å². The zero-order valence-corrected chi connectivity index (χ0v) is 15.6. The number of halogens is 1. The first-order chi connectivity index (χ1) is 12.8. The van der Waals surface area contributed by atoms with Crippen LogP contribution in [-0.2, 0) is 24.7 Å². The van der Waals surface area contributed by atoms with Gasteiger partial charge in [-0.15, -0.1) is 0 Å². The Bertz CT molecular complexity index is 844. The fourth-order valence-electron chi connectivity index (χ4n) is 4.60. The van der Waals surface area contributed by atoms with Gasteiger partial charge in [0.25, 0.3) is 0 Å². The number of nitrogens with zero attached hydrogens (tertiary/aromatic N) is 1. The summed E-state index contributed by atoms with van der Waals surface area (Å²) in [5.41, 5.74) is -0.494. The summed E-state index contributed by atoms with van der Waals surface area (Å²) in [6.07, 6.45) is -0.938. The Balaban J connectivity index is 1.87. The van der Waals surface area contributed by atoms with Crippen molar-refractivity contribution in [2.24, 2.45) is 11.8 Å². The zero-order valence-electron chi connectivity index (χ0n) is 14.9. The summed E-state index contributed by atoms with van der Waals surface area (Å²) >= 11 is 6.23. The molecule has 3 heterocycles. The largest absolute Gasteiger partial charge is 0.392 e. The third kappa shape index (κ3) is 2.30. The van der Waals surface area contributed by atoms with Crippen LogP contribution in [0.15, 0.2) is 18.2 Å². The van der Waals surface area contributed by atoms with Gasteiger partial charge in [-0.1, -0.05) is 23.7 Å². The standard InChI is InChI=1S/C18H20ClN3O5/c1-8(23)13-11-12(16(25)22(15(11)24)6-7-27-2)18(21-13)9-4-3-5-10(19)14(9)20-17(18)26/h3-5,8,11-13,21,23H,6-7H2,1-2H3,(H,20,26)/t8?,11-,12-,13?,18?/m1/s1. The van der Waals surface area contributed by atoms with Gasteiger partial charge in [0, 0.05) is 18.7 Å². The Morgan fingerprint density at radius 3 is 2.74 bits per heavy atom. The van der Waals surface area contributed by atoms with Crippen LogP contribution >= 0.6 is 11.6 Å². The molecule has 0 bridgehead atoms. The van der Waals surface area contributed by atoms with E-state index in [2.05, 4.69) is 10.6 Å². The van der Waals surface area contributed by atoms with E-state index in [9.17, 15) is 19.5 Å². The fourth-order valence-corrected chi connectivity index (χ4v) is 4.82. The van der Waals surface area contributed by atoms with Crippen LogP contribution in [0.3, 0.4) is 0 Å². The van der Waals surface area contributed by atoms with Crippen molar-refractivity contribution in [1.29, 1.82) is 0 Å². The number of rotatable bonds is 4. The number of benzene rings is 1. The van der Waals surface area contributed by atoms with E-state index in [0.29, 0.717) is 16.3 Å². The number of nitrogens with one attached hydrogen (secondary N) is 2. The molecule has 3 unspecified atom stereocenters. The number of ether oxygens (including phenoxy) is 1. The first-order valence-corrected chi connectivity index (χ1v) is 9.12. The predicted octanol–water partition coefficient (Wildman–Crippen LogP) is 0.0876. The van der Waals surface area contributed by atoms with Crippen molar-refractivity contribution in [2.75, 3.05) is 25.6 Å². The van der Waals surface area contributed by atoms with E-state index in [4.69, 9.17) is 16.3 Å². The molecule has 0 aromatic heterocycles. The first-order valence-electron chi connectivity index (χ1n) is 8.75. The number of imide groups is 1. The molecular weight excluding hydrogens is 374 g/mol. The monoisotopic (exact) mass is 393 g/mol. The van der Waals surface area contributed by atoms with Gasteiger partial charge in [-0.3, -0.25) is 24.6 Å². The van der Waals surface area contributed by atoms with Crippen LogP contribution in [0.2, 0.25) is 5.02 Å². The summed E-state index contributed by atoms with van der Waals surface area (Å²) < 4.78 is 5.00. The van der Waals surface area contributed by atoms with Gasteiger partial charge >= 0.3 is 0 Å². The van der Waals surface area contributed by atoms with Gasteiger partial charge in [-0.2, -0.15) is 0 Å². The van der Waals surface area contributed by atoms with E-state index in [0.717, 1.165) is 4.90 Å². The molecule has 4 rings (SSSR count). The molecule has 2 saturated heterocycles. The molecule has 1 spiro atoms. The van der Waals surface area contributed by atoms with Crippen LogP contribution in [0.1, 0.15) is 12.5 Å². The number of anilines is 1. The Morgan fingerprint density at radius 2 is 2.07 bits per heavy atom. The van der Waals surface area contributed by atoms with E-state index in [-0.39, 0.29) is 13.2 Å². The summed E-state index contributed by atoms with van der Waals surface area (Å²) in [5.74, 6) is -3.09. The van der Waals surface area contributed by atoms with Crippen molar-refractivity contribution in [3.63, 3.8) is 0 Å². The number of aliphatic hydroxyl groups is 1. The van der Waals surface area contributed by atoms with Crippen LogP contribution in [0, 0.1) is 11.8 Å². The van der Waals surface area contributed by atoms with Crippen LogP contribution in [0.25, 0.3) is 0 Å². The molecule has 3 N–H and O–H groups in total. The molecule has 1 aromatic carbocycles. The molecule has 0 aliphatic carbocycles. The van der Waals surface area contributed by atoms with Crippen molar-refractivity contribution < 1.29 is 24.2 Å². The summed E-state index contributed by atoms with van der Waals surface area (Å²) in [4.78, 5) is 40.4. The normalized spacial score (nSPS) is 32.8. The fraction of sp³-hybridized carbons (Fsp3) is 0.500. The molecule has 2 fully saturated rings. The maximum absolute atomic E-state index is 13.2. The molecule has 27 heavy (non-hydrogen) atoms. The maximum Gasteiger partial charge on any atom is 0.250 e. The average molecular weight is 394 g/mol. The number of hydrogen-bond donors (Lipinski definition) is 3. The summed E-state index contributed by atoms with van der Waals surface area (Å²) in [6, 6.07) is 4.31. The molecule has 144 valence electrons. The second-order valence-corrected chi connectivity index (χ2v) is 7.57. The highest BCUT2D eigenvalue weighted by Gasteiger charge is 2.71. The lowest BCUT2D eigenvalue weighted by Gasteiger charge is -2.30. The van der Waals surface area contributed by atoms with Crippen LogP contribution in [-0.4, -0.2) is 60.1 Å². The Kier molecular flexibility index (Phi) is 4.27. The first kappa shape index (κ1) is 18.4. The number of hydrogen-bond acceptors (Lipinski definition) is 6. The van der Waals surface area contributed by atoms with E-state index in [1.807, 2.05) is 0 Å². The predicted molar refractivity (Wildman–Crippen MR) is 95.9 cm³/mol. The second-order valence-electron chi connectivity index (χ2n) is 7.16. The quantitative estimate of drug-likeness (QED) is 0.626. The van der Waals surface area contributed by atoms with Crippen molar-refractivity contribution in [3.8, 4) is 0 Å². The van der Waals surface area contributed by atoms with E-state index in [1.54, 1.807) is 18.2 Å². The number of carbonyl (C=O) groups is 3. The van der Waals surface area contributed by atoms with Crippen molar-refractivity contribution >= 4 is 35.0 Å². The number of para-hydroxylation sites is 1. The average Bonchev–Trinajstić information content (AvgIpc) is 3.21. The molecule has 3 aliphatic rings. The summed E-state index contributed by atoms with van der Waals surface area (Å²) in [6.45, 7) is 1.84. The molecule has 9 heteroatoms. The van der Waals surface area contributed by atoms with Crippen molar-refractivity contribution in [2.45, 2.75) is 24.6 Å². The Morgan fingerprint density at radius 1 is 1.33 bits per heavy atom. The van der Waals surface area contributed by atoms with Gasteiger partial charge in [0.15, 0.2) is 0 Å². The van der Waals surface area contributed by atoms with E-state index in [1.165, 1.54) is 14.0 Å². The molecular formula is C18H20ClN3O5. The Labute approximate surface area is 160 Å². The highest BCUT2D eigenvalue weighted by atomic mass is 35.5. The Hall–Kier alpha value is -2.00. The topological polar surface area (TPSA) is 108 Å². The number of carbonyl (C=O) groups excluding carboxylic acids is 3. The lowest BCUT2D eigenvalue weighted by atomic mass is 9.76. The van der Waals surface area contributed by atoms with Gasteiger partial charge in [0.1, 0.15) is 5.54 Å². The van der Waals surface area contributed by atoms with E-state index < -0.39 is 47.2 Å². The van der Waals surface area contributed by atoms with Crippen LogP contribution in [0.4, 0.5) is 5.69 Å². The zero-order chi connectivity index (χ0) is 19.5. The van der Waals surface area contributed by atoms with Gasteiger partial charge in [-0.25, -0.2) is 0 Å². The summed E-state index contributed by atoms with van der Waals surface area (Å²) in [5, 5.41) is 16.5. The lowest BCUT2D eigenvalue weighted by molar-refractivity contribution is -0.143. The molecule has 5 atom stereocenters. The minimum absolute atomic E-state index is 0.105. The minimum atomic E-state index is -1.44. The molecule has 1 aromatic rings. The number of methoxy groups -OCH3 is 1. The SMILES string of the molecule is COCCN1C(=O)[C@H]2C(C(C)O)NC3(C(=O)Nc4c(Cl)cccc43)[C@H]2C1=O. The third-order valence-electron chi connectivity index (χ3n) is 5.76. The van der Waals surface area contributed by atoms with Gasteiger partial charge in [0.2, 0.25) is 17.7 Å². The minimum Gasteiger partial charge on any atom is -0.392 e. The number of aliphatic hydroxyl groups excluding tert-OH is 1. The van der Waals surface area contributed by atoms with Gasteiger partial charge < -0.3 is 15.2 Å². The molecule has 0 radical (unpaired) electrons. The molecule has 3 amide bonds. The van der Waals surface area contributed by atoms with Crippen LogP contribution in [0.5, 0.6) is 0 Å². The molecule has 0 saturated carbocycles. The highest BCUT2D eigenvalue weighted by molar-refractivity contribution is 6.35. The third-order valence-corrected chi connectivity index (χ3v) is 6.08. The number of amides is 3. The number of fused-ring (bicyclic) bond motifs is 4. The number of likely N-dealkylation sites (tertiary alicyclic amines) is 1. The van der Waals surface area contributed by atoms with Crippen LogP contribution < -0.4 is 10.6 Å². The van der Waals surface area contributed by atoms with Crippen molar-refractivity contribution in [3.05, 3.63) is 28.8 Å². The molecule has 8 nitrogen and oxygen atoms in total. The second kappa shape index (κ2) is 6.27. The smallest absolute Gasteiger partial charge is 0.250 e. The molecule has 3 aliphatic heterocycles. The lowest BCUT2D eigenvalue weighted by Crippen LogP contribution is -2.55. The maximum atomic E-state index is 13.2. The van der Waals surface area contributed by atoms with Gasteiger partial charge in [-0.05, 0) is 13.0 Å². The van der Waals surface area contributed by atoms with Gasteiger partial charge in [0.05, 0.1) is 41.8 Å². The highest BCUT2D eigenvalue weighted by Crippen LogP contribution is 2.54. The van der Waals surface area contributed by atoms with Crippen molar-refractivity contribution in [1.82, 2.24) is 10.2 Å². The summed E-state index contributed by atoms with van der Waals surface area (Å²) in [7, 11) is 1.48.